The fraction of sp³-hybridized carbons (Fsp3) is 0.119. The molecule has 0 bridgehead atoms. The van der Waals surface area contributed by atoms with Gasteiger partial charge >= 0.3 is 0 Å². The molecule has 0 atom stereocenters. The maximum atomic E-state index is 12.8. The van der Waals surface area contributed by atoms with Gasteiger partial charge in [0.2, 0.25) is 11.8 Å². The highest BCUT2D eigenvalue weighted by molar-refractivity contribution is 8.03. The van der Waals surface area contributed by atoms with E-state index in [0.29, 0.717) is 20.6 Å². The number of hydrogen-bond acceptors (Lipinski definition) is 14. The lowest BCUT2D eigenvalue weighted by atomic mass is 10.2. The molecule has 8 rings (SSSR count). The van der Waals surface area contributed by atoms with Crippen LogP contribution in [0.1, 0.15) is 28.5 Å². The van der Waals surface area contributed by atoms with Crippen LogP contribution in [0.15, 0.2) is 153 Å². The van der Waals surface area contributed by atoms with Gasteiger partial charge in [-0.2, -0.15) is 10.2 Å². The Balaban J connectivity index is 0.000000189. The highest BCUT2D eigenvalue weighted by Crippen LogP contribution is 2.41. The number of aryl methyl sites for hydroxylation is 3. The van der Waals surface area contributed by atoms with Crippen molar-refractivity contribution in [2.75, 3.05) is 0 Å². The van der Waals surface area contributed by atoms with E-state index >= 15 is 0 Å². The second-order valence-electron chi connectivity index (χ2n) is 13.5. The second-order valence-corrected chi connectivity index (χ2v) is 23.6. The van der Waals surface area contributed by atoms with Crippen LogP contribution in [0.2, 0.25) is 5.02 Å². The number of nitrogens with zero attached hydrogens (tertiary/aromatic N) is 5. The van der Waals surface area contributed by atoms with Gasteiger partial charge in [0.1, 0.15) is 8.42 Å². The molecule has 63 heavy (non-hydrogen) atoms. The van der Waals surface area contributed by atoms with Gasteiger partial charge < -0.3 is 0 Å². The average molecular weight is 995 g/mol. The van der Waals surface area contributed by atoms with Crippen molar-refractivity contribution in [3.05, 3.63) is 160 Å². The fourth-order valence-electron chi connectivity index (χ4n) is 5.84. The first-order valence-corrected chi connectivity index (χ1v) is 26.2. The van der Waals surface area contributed by atoms with E-state index in [1.165, 1.54) is 47.0 Å². The van der Waals surface area contributed by atoms with Crippen LogP contribution < -0.4 is 9.44 Å². The SMILES string of the molecule is Cc1cc(CC(=O)NS(=O)(=O)c2cc(Cl)c(Sc3ccccc3)s2)n(-c2ccccc2)n1.Cc1csc(Sc2ccc(S(=O)(=O)NC(=O)Cc3cc(C)nn3-c3ccccc3)s2)n1. The molecule has 0 unspecified atom stereocenters. The Morgan fingerprint density at radius 3 is 1.65 bits per heavy atom. The van der Waals surface area contributed by atoms with Gasteiger partial charge in [-0.05, 0) is 99.3 Å². The first-order valence-electron chi connectivity index (χ1n) is 18.7. The Hall–Kier alpha value is -5.06. The molecule has 0 spiro atoms. The molecule has 5 heterocycles. The summed E-state index contributed by atoms with van der Waals surface area (Å²) in [6.45, 7) is 5.55. The highest BCUT2D eigenvalue weighted by Gasteiger charge is 2.25. The molecule has 5 aromatic heterocycles. The molecule has 3 aromatic carbocycles. The number of thiazole rings is 1. The van der Waals surface area contributed by atoms with Gasteiger partial charge in [-0.15, -0.1) is 34.0 Å². The van der Waals surface area contributed by atoms with E-state index in [4.69, 9.17) is 11.6 Å². The van der Waals surface area contributed by atoms with Crippen LogP contribution >= 0.6 is 69.1 Å². The summed E-state index contributed by atoms with van der Waals surface area (Å²) in [6, 6.07) is 36.4. The number of carbonyl (C=O) groups excluding carboxylic acids is 2. The van der Waals surface area contributed by atoms with E-state index in [9.17, 15) is 26.4 Å². The van der Waals surface area contributed by atoms with Crippen LogP contribution in [0.4, 0.5) is 0 Å². The number of aromatic nitrogens is 5. The van der Waals surface area contributed by atoms with Crippen LogP contribution in [0.25, 0.3) is 11.4 Å². The smallest absolute Gasteiger partial charge is 0.273 e. The number of thiophene rings is 2. The molecule has 13 nitrogen and oxygen atoms in total. The molecular formula is C42H36ClN7O6S7. The Morgan fingerprint density at radius 1 is 0.635 bits per heavy atom. The summed E-state index contributed by atoms with van der Waals surface area (Å²) in [4.78, 5) is 30.5. The molecule has 0 fully saturated rings. The standard InChI is InChI=1S/C22H18ClN3O3S3.C20H18N4O3S4/c1-15-12-17(26(24-15)16-8-4-2-5-9-16)13-20(27)25-32(28,29)21-14-19(23)22(31-21)30-18-10-6-3-7-11-18;1-13-10-16(24(22-13)15-6-4-3-5-7-15)11-17(25)23-31(26,27)19-9-8-18(29-19)30-20-21-14(2)12-28-20/h2-12,14H,13H2,1H3,(H,25,27);3-10,12H,11H2,1-2H3,(H,23,25). The predicted molar refractivity (Wildman–Crippen MR) is 250 cm³/mol. The molecule has 2 amide bonds. The van der Waals surface area contributed by atoms with Crippen LogP contribution in [0, 0.1) is 20.8 Å². The number of carbonyl (C=O) groups is 2. The summed E-state index contributed by atoms with van der Waals surface area (Å²) < 4.78 is 61.0. The molecule has 0 aliphatic carbocycles. The summed E-state index contributed by atoms with van der Waals surface area (Å²) in [5, 5.41) is 11.1. The van der Waals surface area contributed by atoms with Crippen molar-refractivity contribution < 1.29 is 26.4 Å². The molecule has 0 aliphatic rings. The zero-order valence-corrected chi connectivity index (χ0v) is 39.9. The Kier molecular flexibility index (Phi) is 14.7. The molecule has 8 aromatic rings. The fourth-order valence-corrected chi connectivity index (χ4v) is 14.6. The molecule has 0 saturated heterocycles. The lowest BCUT2D eigenvalue weighted by Gasteiger charge is -2.08. The van der Waals surface area contributed by atoms with Crippen molar-refractivity contribution in [2.45, 2.75) is 59.7 Å². The molecule has 0 saturated carbocycles. The first kappa shape index (κ1) is 45.9. The minimum Gasteiger partial charge on any atom is -0.274 e. The van der Waals surface area contributed by atoms with Gasteiger partial charge in [-0.3, -0.25) is 9.59 Å². The molecule has 0 radical (unpaired) electrons. The molecule has 21 heteroatoms. The highest BCUT2D eigenvalue weighted by atomic mass is 35.5. The predicted octanol–water partition coefficient (Wildman–Crippen LogP) is 9.30. The topological polar surface area (TPSA) is 175 Å². The Labute approximate surface area is 389 Å². The minimum atomic E-state index is -4.05. The number of sulfonamides is 2. The quantitative estimate of drug-likeness (QED) is 0.106. The average Bonchev–Trinajstić information content (AvgIpc) is 4.10. The van der Waals surface area contributed by atoms with Crippen LogP contribution in [0.3, 0.4) is 0 Å². The van der Waals surface area contributed by atoms with Crippen molar-refractivity contribution in [1.29, 1.82) is 0 Å². The lowest BCUT2D eigenvalue weighted by Crippen LogP contribution is -2.31. The van der Waals surface area contributed by atoms with Gasteiger partial charge in [0.05, 0.1) is 60.4 Å². The maximum Gasteiger partial charge on any atom is 0.273 e. The van der Waals surface area contributed by atoms with E-state index in [1.54, 1.807) is 27.6 Å². The van der Waals surface area contributed by atoms with Gasteiger partial charge in [0.15, 0.2) is 4.34 Å². The van der Waals surface area contributed by atoms with Gasteiger partial charge in [-0.25, -0.2) is 40.6 Å². The van der Waals surface area contributed by atoms with Crippen molar-refractivity contribution in [3.63, 3.8) is 0 Å². The zero-order chi connectivity index (χ0) is 44.7. The number of rotatable bonds is 14. The third-order valence-electron chi connectivity index (χ3n) is 8.45. The van der Waals surface area contributed by atoms with E-state index in [1.807, 2.05) is 117 Å². The molecule has 2 N–H and O–H groups in total. The number of nitrogens with one attached hydrogen (secondary N) is 2. The summed E-state index contributed by atoms with van der Waals surface area (Å²) in [6.07, 6.45) is -0.250. The normalized spacial score (nSPS) is 11.5. The third kappa shape index (κ3) is 12.1. The second kappa shape index (κ2) is 20.2. The third-order valence-corrected chi connectivity index (χ3v) is 18.3. The number of halogens is 1. The molecular weight excluding hydrogens is 958 g/mol. The molecule has 324 valence electrons. The Bertz CT molecular complexity index is 3090. The summed E-state index contributed by atoms with van der Waals surface area (Å²) in [5.41, 5.74) is 5.19. The van der Waals surface area contributed by atoms with E-state index in [0.717, 1.165) is 64.6 Å². The zero-order valence-electron chi connectivity index (χ0n) is 33.5. The van der Waals surface area contributed by atoms with Crippen LogP contribution in [0.5, 0.6) is 0 Å². The van der Waals surface area contributed by atoms with E-state index in [-0.39, 0.29) is 21.3 Å². The first-order chi connectivity index (χ1) is 30.1. The van der Waals surface area contributed by atoms with E-state index in [2.05, 4.69) is 24.6 Å². The Morgan fingerprint density at radius 2 is 1.14 bits per heavy atom. The minimum absolute atomic E-state index is 0.0120. The van der Waals surface area contributed by atoms with Gasteiger partial charge in [0.25, 0.3) is 20.0 Å². The maximum absolute atomic E-state index is 12.8. The van der Waals surface area contributed by atoms with Crippen LogP contribution in [-0.2, 0) is 42.5 Å². The summed E-state index contributed by atoms with van der Waals surface area (Å²) in [7, 11) is -8.01. The summed E-state index contributed by atoms with van der Waals surface area (Å²) in [5.74, 6) is -1.26. The number of amides is 2. The lowest BCUT2D eigenvalue weighted by molar-refractivity contribution is -0.119. The number of hydrogen-bond donors (Lipinski definition) is 2. The van der Waals surface area contributed by atoms with Gasteiger partial charge in [0, 0.05) is 16.0 Å². The monoisotopic (exact) mass is 993 g/mol. The number of benzene rings is 3. The molecule has 0 aliphatic heterocycles. The van der Waals surface area contributed by atoms with Crippen molar-refractivity contribution in [3.8, 4) is 11.4 Å². The van der Waals surface area contributed by atoms with E-state index < -0.39 is 31.9 Å². The largest absolute Gasteiger partial charge is 0.274 e. The van der Waals surface area contributed by atoms with Crippen LogP contribution in [-0.4, -0.2) is 53.2 Å². The number of para-hydroxylation sites is 2. The van der Waals surface area contributed by atoms with Crippen molar-refractivity contribution in [2.24, 2.45) is 0 Å². The van der Waals surface area contributed by atoms with Gasteiger partial charge in [-0.1, -0.05) is 78.0 Å². The van der Waals surface area contributed by atoms with Crippen molar-refractivity contribution >= 4 is 101 Å². The van der Waals surface area contributed by atoms with Crippen molar-refractivity contribution in [1.82, 2.24) is 34.0 Å². The summed E-state index contributed by atoms with van der Waals surface area (Å²) >= 11 is 12.7.